The molecule has 0 aliphatic heterocycles. The number of aliphatic hydroxyl groups excluding tert-OH is 1. The molecule has 1 N–H and O–H groups in total. The average Bonchev–Trinajstić information content (AvgIpc) is 1.86. The Balaban J connectivity index is 2.61. The summed E-state index contributed by atoms with van der Waals surface area (Å²) in [4.78, 5) is 0. The second-order valence-electron chi connectivity index (χ2n) is 4.34. The highest BCUT2D eigenvalue weighted by Crippen LogP contribution is 2.33. The van der Waals surface area contributed by atoms with Gasteiger partial charge in [-0.25, -0.2) is 0 Å². The van der Waals surface area contributed by atoms with Crippen LogP contribution in [0, 0.1) is 23.2 Å². The largest absolute Gasteiger partial charge is 0.380 e. The van der Waals surface area contributed by atoms with Crippen LogP contribution >= 0.6 is 0 Å². The topological polar surface area (TPSA) is 20.2 Å². The Labute approximate surface area is 68.8 Å². The van der Waals surface area contributed by atoms with Gasteiger partial charge in [0.1, 0.15) is 6.10 Å². The average molecular weight is 152 g/mol. The van der Waals surface area contributed by atoms with Crippen LogP contribution in [-0.4, -0.2) is 11.2 Å². The molecule has 0 saturated carbocycles. The molecule has 0 radical (unpaired) electrons. The lowest BCUT2D eigenvalue weighted by atomic mass is 9.74. The highest BCUT2D eigenvalue weighted by molar-refractivity contribution is 5.11. The Morgan fingerprint density at radius 3 is 2.36 bits per heavy atom. The van der Waals surface area contributed by atoms with Crippen molar-refractivity contribution in [3.05, 3.63) is 0 Å². The summed E-state index contributed by atoms with van der Waals surface area (Å²) in [7, 11) is 0. The van der Waals surface area contributed by atoms with Gasteiger partial charge >= 0.3 is 0 Å². The quantitative estimate of drug-likeness (QED) is 0.525. The summed E-state index contributed by atoms with van der Waals surface area (Å²) in [5.41, 5.74) is 0.288. The molecule has 1 heteroatoms. The van der Waals surface area contributed by atoms with Crippen molar-refractivity contribution in [3.8, 4) is 11.8 Å². The van der Waals surface area contributed by atoms with Gasteiger partial charge in [-0.3, -0.25) is 0 Å². The molecule has 1 aliphatic rings. The van der Waals surface area contributed by atoms with Gasteiger partial charge in [-0.15, -0.1) is 5.92 Å². The summed E-state index contributed by atoms with van der Waals surface area (Å²) >= 11 is 0. The second-order valence-corrected chi connectivity index (χ2v) is 4.34. The van der Waals surface area contributed by atoms with Crippen molar-refractivity contribution >= 4 is 0 Å². The molecule has 11 heavy (non-hydrogen) atoms. The number of rotatable bonds is 0. The minimum Gasteiger partial charge on any atom is -0.380 e. The van der Waals surface area contributed by atoms with Crippen LogP contribution in [0.3, 0.4) is 0 Å². The summed E-state index contributed by atoms with van der Waals surface area (Å²) in [6.07, 6.45) is 1.41. The van der Waals surface area contributed by atoms with E-state index in [1.54, 1.807) is 0 Å². The molecule has 2 unspecified atom stereocenters. The van der Waals surface area contributed by atoms with Crippen LogP contribution in [0.5, 0.6) is 0 Å². The van der Waals surface area contributed by atoms with E-state index < -0.39 is 0 Å². The summed E-state index contributed by atoms with van der Waals surface area (Å²) in [6, 6.07) is 0. The fraction of sp³-hybridized carbons (Fsp3) is 0.800. The molecule has 1 rings (SSSR count). The molecule has 0 fully saturated rings. The van der Waals surface area contributed by atoms with Crippen LogP contribution in [0.25, 0.3) is 0 Å². The molecule has 0 aromatic carbocycles. The van der Waals surface area contributed by atoms with Gasteiger partial charge in [0, 0.05) is 6.42 Å². The highest BCUT2D eigenvalue weighted by atomic mass is 16.3. The van der Waals surface area contributed by atoms with Gasteiger partial charge in [0.2, 0.25) is 0 Å². The molecular formula is C10H16O. The minimum absolute atomic E-state index is 0.288. The van der Waals surface area contributed by atoms with E-state index in [9.17, 15) is 5.11 Å². The smallest absolute Gasteiger partial charge is 0.115 e. The first-order valence-corrected chi connectivity index (χ1v) is 4.16. The van der Waals surface area contributed by atoms with E-state index in [4.69, 9.17) is 0 Å². The Kier molecular flexibility index (Phi) is 2.25. The van der Waals surface area contributed by atoms with E-state index in [1.165, 1.54) is 0 Å². The van der Waals surface area contributed by atoms with Crippen molar-refractivity contribution in [1.29, 1.82) is 0 Å². The van der Waals surface area contributed by atoms with E-state index in [-0.39, 0.29) is 11.5 Å². The number of hydrogen-bond acceptors (Lipinski definition) is 1. The maximum Gasteiger partial charge on any atom is 0.115 e. The zero-order valence-corrected chi connectivity index (χ0v) is 7.52. The summed E-state index contributed by atoms with van der Waals surface area (Å²) < 4.78 is 0. The predicted octanol–water partition coefficient (Wildman–Crippen LogP) is 1.81. The summed E-state index contributed by atoms with van der Waals surface area (Å²) in [5, 5.41) is 9.27. The van der Waals surface area contributed by atoms with Crippen LogP contribution in [0.15, 0.2) is 0 Å². The van der Waals surface area contributed by atoms with Crippen LogP contribution in [-0.2, 0) is 0 Å². The molecule has 0 aromatic heterocycles. The van der Waals surface area contributed by atoms with Crippen molar-refractivity contribution in [2.24, 2.45) is 11.3 Å². The molecule has 0 spiro atoms. The first-order valence-electron chi connectivity index (χ1n) is 4.16. The Hall–Kier alpha value is -0.480. The van der Waals surface area contributed by atoms with E-state index >= 15 is 0 Å². The van der Waals surface area contributed by atoms with Gasteiger partial charge in [0.05, 0.1) is 0 Å². The zero-order chi connectivity index (χ0) is 8.48. The Morgan fingerprint density at radius 1 is 1.36 bits per heavy atom. The van der Waals surface area contributed by atoms with Gasteiger partial charge in [0.15, 0.2) is 0 Å². The predicted molar refractivity (Wildman–Crippen MR) is 46.0 cm³/mol. The van der Waals surface area contributed by atoms with Crippen molar-refractivity contribution in [2.75, 3.05) is 0 Å². The van der Waals surface area contributed by atoms with E-state index in [2.05, 4.69) is 32.6 Å². The third kappa shape index (κ3) is 2.24. The first-order chi connectivity index (χ1) is 5.00. The van der Waals surface area contributed by atoms with Crippen LogP contribution in [0.2, 0.25) is 0 Å². The molecule has 0 aromatic rings. The third-order valence-electron chi connectivity index (χ3n) is 2.35. The highest BCUT2D eigenvalue weighted by Gasteiger charge is 2.27. The van der Waals surface area contributed by atoms with Gasteiger partial charge in [-0.1, -0.05) is 26.7 Å². The number of aliphatic hydroxyl groups is 1. The first kappa shape index (κ1) is 8.62. The fourth-order valence-corrected chi connectivity index (χ4v) is 1.37. The Morgan fingerprint density at radius 2 is 2.00 bits per heavy atom. The zero-order valence-electron chi connectivity index (χ0n) is 7.52. The second kappa shape index (κ2) is 2.87. The summed E-state index contributed by atoms with van der Waals surface area (Å²) in [6.45, 7) is 6.62. The van der Waals surface area contributed by atoms with Crippen LogP contribution < -0.4 is 0 Å². The van der Waals surface area contributed by atoms with Crippen LogP contribution in [0.1, 0.15) is 33.6 Å². The standard InChI is InChI=1S/C10H16O/c1-10(2,3)8-5-4-6-9(11)7-8/h8-9,11H,5,7H2,1-3H3. The molecule has 1 nitrogen and oxygen atoms in total. The maximum absolute atomic E-state index is 9.27. The van der Waals surface area contributed by atoms with Gasteiger partial charge in [0.25, 0.3) is 0 Å². The van der Waals surface area contributed by atoms with Gasteiger partial charge in [-0.05, 0) is 17.8 Å². The molecule has 2 atom stereocenters. The maximum atomic E-state index is 9.27. The molecule has 0 saturated heterocycles. The minimum atomic E-state index is -0.382. The van der Waals surface area contributed by atoms with Crippen molar-refractivity contribution < 1.29 is 5.11 Å². The van der Waals surface area contributed by atoms with Gasteiger partial charge < -0.3 is 5.11 Å². The van der Waals surface area contributed by atoms with Crippen molar-refractivity contribution in [1.82, 2.24) is 0 Å². The van der Waals surface area contributed by atoms with Crippen molar-refractivity contribution in [2.45, 2.75) is 39.7 Å². The molecule has 1 aliphatic carbocycles. The van der Waals surface area contributed by atoms with E-state index in [0.717, 1.165) is 12.8 Å². The van der Waals surface area contributed by atoms with E-state index in [0.29, 0.717) is 5.92 Å². The van der Waals surface area contributed by atoms with Gasteiger partial charge in [-0.2, -0.15) is 0 Å². The molecular weight excluding hydrogens is 136 g/mol. The monoisotopic (exact) mass is 152 g/mol. The third-order valence-corrected chi connectivity index (χ3v) is 2.35. The lowest BCUT2D eigenvalue weighted by molar-refractivity contribution is 0.135. The molecule has 0 amide bonds. The lowest BCUT2D eigenvalue weighted by Crippen LogP contribution is -2.26. The molecule has 62 valence electrons. The fourth-order valence-electron chi connectivity index (χ4n) is 1.37. The van der Waals surface area contributed by atoms with Crippen molar-refractivity contribution in [3.63, 3.8) is 0 Å². The number of hydrogen-bond donors (Lipinski definition) is 1. The van der Waals surface area contributed by atoms with E-state index in [1.807, 2.05) is 0 Å². The molecule has 0 bridgehead atoms. The van der Waals surface area contributed by atoms with Crippen LogP contribution in [0.4, 0.5) is 0 Å². The SMILES string of the molecule is CC(C)(C)C1CC#CC(O)C1. The lowest BCUT2D eigenvalue weighted by Gasteiger charge is -2.31. The molecule has 0 heterocycles. The normalized spacial score (nSPS) is 30.9. The summed E-state index contributed by atoms with van der Waals surface area (Å²) in [5.74, 6) is 6.34. The Bertz CT molecular complexity index is 189.